The Morgan fingerprint density at radius 2 is 1.46 bits per heavy atom. The van der Waals surface area contributed by atoms with Gasteiger partial charge in [-0.05, 0) is 24.6 Å². The molecule has 0 saturated heterocycles. The van der Waals surface area contributed by atoms with Gasteiger partial charge in [0.1, 0.15) is 0 Å². The van der Waals surface area contributed by atoms with Crippen molar-refractivity contribution in [3.8, 4) is 0 Å². The number of nitrogens with one attached hydrogen (secondary N) is 1. The molecule has 0 atom stereocenters. The van der Waals surface area contributed by atoms with Crippen LogP contribution in [0.1, 0.15) is 26.3 Å². The first kappa shape index (κ1) is 20.2. The van der Waals surface area contributed by atoms with Crippen molar-refractivity contribution in [3.05, 3.63) is 100 Å². The highest BCUT2D eigenvalue weighted by Gasteiger charge is 2.38. The lowest BCUT2D eigenvalue weighted by molar-refractivity contribution is -0.577. The lowest BCUT2D eigenvalue weighted by Gasteiger charge is -2.19. The summed E-state index contributed by atoms with van der Waals surface area (Å²) in [4.78, 5) is 26.4. The zero-order chi connectivity index (χ0) is 19.0. The van der Waals surface area contributed by atoms with Gasteiger partial charge in [0.15, 0.2) is 18.1 Å². The van der Waals surface area contributed by atoms with Crippen LogP contribution in [0.5, 0.6) is 0 Å². The van der Waals surface area contributed by atoms with Crippen LogP contribution in [0, 0.1) is 6.92 Å². The Bertz CT molecular complexity index is 1110. The summed E-state index contributed by atoms with van der Waals surface area (Å²) in [5.74, 6) is -0.431. The highest BCUT2D eigenvalue weighted by molar-refractivity contribution is 6.36. The number of aromatic nitrogens is 1. The standard InChI is InChI=1S/C22H15ClN2O2.HI/c1-14-17(23)10-7-11-18(14)24-19-20(25-12-5-2-6-13-25)22(27)16-9-4-3-8-15(16)21(19)26;/h2-13H,1H3;1H. The summed E-state index contributed by atoms with van der Waals surface area (Å²) in [5, 5.41) is 3.75. The number of nitrogens with zero attached hydrogens (tertiary/aromatic N) is 1. The zero-order valence-corrected chi connectivity index (χ0v) is 17.9. The molecule has 1 aromatic heterocycles. The summed E-state index contributed by atoms with van der Waals surface area (Å²) in [6.07, 6.45) is 3.50. The van der Waals surface area contributed by atoms with E-state index in [1.165, 1.54) is 0 Å². The average molecular weight is 503 g/mol. The molecule has 1 aliphatic rings. The second kappa shape index (κ2) is 8.24. The third-order valence-corrected chi connectivity index (χ3v) is 5.01. The van der Waals surface area contributed by atoms with Crippen LogP contribution >= 0.6 is 11.6 Å². The topological polar surface area (TPSA) is 50.1 Å². The van der Waals surface area contributed by atoms with Crippen molar-refractivity contribution in [2.45, 2.75) is 6.92 Å². The van der Waals surface area contributed by atoms with Crippen LogP contribution in [-0.2, 0) is 0 Å². The van der Waals surface area contributed by atoms with Crippen LogP contribution in [-0.4, -0.2) is 11.6 Å². The van der Waals surface area contributed by atoms with E-state index < -0.39 is 0 Å². The molecule has 1 N–H and O–H groups in total. The Morgan fingerprint density at radius 3 is 2.14 bits per heavy atom. The Balaban J connectivity index is 0.00000225. The Hall–Kier alpha value is -2.51. The number of hydrogen-bond acceptors (Lipinski definition) is 3. The average Bonchev–Trinajstić information content (AvgIpc) is 2.70. The third kappa shape index (κ3) is 3.47. The summed E-state index contributed by atoms with van der Waals surface area (Å²) in [5.41, 5.74) is 2.82. The molecule has 0 aliphatic heterocycles. The van der Waals surface area contributed by atoms with Crippen molar-refractivity contribution in [1.29, 1.82) is 0 Å². The molecule has 0 saturated carbocycles. The van der Waals surface area contributed by atoms with Crippen molar-refractivity contribution in [2.75, 3.05) is 5.32 Å². The Kier molecular flexibility index (Phi) is 5.96. The number of carbonyl (C=O) groups is 2. The number of ketones is 2. The van der Waals surface area contributed by atoms with Gasteiger partial charge in [-0.3, -0.25) is 9.59 Å². The Morgan fingerprint density at radius 1 is 0.821 bits per heavy atom. The number of benzene rings is 2. The van der Waals surface area contributed by atoms with Gasteiger partial charge in [0, 0.05) is 34.0 Å². The molecule has 0 fully saturated rings. The van der Waals surface area contributed by atoms with Crippen LogP contribution in [0.2, 0.25) is 5.02 Å². The summed E-state index contributed by atoms with van der Waals surface area (Å²) >= 11 is 6.22. The second-order valence-electron chi connectivity index (χ2n) is 6.25. The molecule has 1 aliphatic carbocycles. The molecule has 0 spiro atoms. The van der Waals surface area contributed by atoms with Crippen LogP contribution in [0.3, 0.4) is 0 Å². The highest BCUT2D eigenvalue weighted by atomic mass is 127. The van der Waals surface area contributed by atoms with Crippen LogP contribution in [0.25, 0.3) is 5.70 Å². The monoisotopic (exact) mass is 502 g/mol. The van der Waals surface area contributed by atoms with Crippen molar-refractivity contribution < 1.29 is 38.1 Å². The fourth-order valence-corrected chi connectivity index (χ4v) is 3.32. The van der Waals surface area contributed by atoms with Crippen molar-refractivity contribution in [3.63, 3.8) is 0 Å². The van der Waals surface area contributed by atoms with E-state index in [1.54, 1.807) is 53.4 Å². The highest BCUT2D eigenvalue weighted by Crippen LogP contribution is 2.30. The summed E-state index contributed by atoms with van der Waals surface area (Å²) < 4.78 is 1.67. The van der Waals surface area contributed by atoms with Gasteiger partial charge in [0.25, 0.3) is 11.5 Å². The number of Topliss-reactive ketones (excluding diaryl/α,β-unsaturated/α-hetero) is 2. The van der Waals surface area contributed by atoms with Gasteiger partial charge >= 0.3 is 0 Å². The van der Waals surface area contributed by atoms with E-state index in [2.05, 4.69) is 5.32 Å². The van der Waals surface area contributed by atoms with Crippen LogP contribution in [0.4, 0.5) is 5.69 Å². The molecular weight excluding hydrogens is 487 g/mol. The smallest absolute Gasteiger partial charge is 0.286 e. The molecule has 28 heavy (non-hydrogen) atoms. The van der Waals surface area contributed by atoms with E-state index in [0.29, 0.717) is 27.5 Å². The summed E-state index contributed by atoms with van der Waals surface area (Å²) in [7, 11) is 0. The maximum Gasteiger partial charge on any atom is 0.286 e. The molecule has 0 radical (unpaired) electrons. The predicted octanol–water partition coefficient (Wildman–Crippen LogP) is 1.30. The molecule has 0 bridgehead atoms. The first-order chi connectivity index (χ1) is 13.1. The van der Waals surface area contributed by atoms with Crippen molar-refractivity contribution >= 4 is 34.6 Å². The summed E-state index contributed by atoms with van der Waals surface area (Å²) in [6, 6.07) is 17.8. The van der Waals surface area contributed by atoms with E-state index in [9.17, 15) is 9.59 Å². The largest absolute Gasteiger partial charge is 1.00 e. The minimum Gasteiger partial charge on any atom is -1.00 e. The maximum atomic E-state index is 13.2. The molecule has 1 heterocycles. The van der Waals surface area contributed by atoms with E-state index in [1.807, 2.05) is 31.2 Å². The molecule has 4 rings (SSSR count). The lowest BCUT2D eigenvalue weighted by Crippen LogP contribution is -3.00. The van der Waals surface area contributed by atoms with Crippen molar-refractivity contribution in [1.82, 2.24) is 0 Å². The number of anilines is 1. The molecule has 140 valence electrons. The fourth-order valence-electron chi connectivity index (χ4n) is 3.15. The van der Waals surface area contributed by atoms with E-state index in [-0.39, 0.29) is 41.2 Å². The number of fused-ring (bicyclic) bond motifs is 1. The zero-order valence-electron chi connectivity index (χ0n) is 14.9. The molecule has 3 aromatic rings. The number of allylic oxidation sites excluding steroid dienone is 2. The molecule has 4 nitrogen and oxygen atoms in total. The van der Waals surface area contributed by atoms with Gasteiger partial charge in [0.2, 0.25) is 5.78 Å². The normalized spacial score (nSPS) is 13.1. The SMILES string of the molecule is Cc1c(Cl)cccc1NC1=C([n+]2ccccc2)C(=O)c2ccccc2C1=O.[I-]. The molecule has 6 heteroatoms. The fraction of sp³-hybridized carbons (Fsp3) is 0.0455. The van der Waals surface area contributed by atoms with Gasteiger partial charge in [-0.25, -0.2) is 0 Å². The quantitative estimate of drug-likeness (QED) is 0.434. The number of halogens is 2. The van der Waals surface area contributed by atoms with E-state index in [4.69, 9.17) is 11.6 Å². The minimum absolute atomic E-state index is 0. The predicted molar refractivity (Wildman–Crippen MR) is 105 cm³/mol. The minimum atomic E-state index is -0.226. The molecule has 0 amide bonds. The van der Waals surface area contributed by atoms with Gasteiger partial charge in [0.05, 0.1) is 0 Å². The number of pyridine rings is 1. The first-order valence-corrected chi connectivity index (χ1v) is 8.87. The molecule has 0 unspecified atom stereocenters. The lowest BCUT2D eigenvalue weighted by atomic mass is 9.90. The van der Waals surface area contributed by atoms with E-state index in [0.717, 1.165) is 5.56 Å². The Labute approximate surface area is 184 Å². The molecule has 2 aromatic carbocycles. The van der Waals surface area contributed by atoms with Crippen LogP contribution < -0.4 is 33.9 Å². The van der Waals surface area contributed by atoms with Gasteiger partial charge in [-0.15, -0.1) is 0 Å². The van der Waals surface area contributed by atoms with Gasteiger partial charge in [-0.1, -0.05) is 48.0 Å². The molecular formula is C22H16ClIN2O2. The first-order valence-electron chi connectivity index (χ1n) is 8.49. The van der Waals surface area contributed by atoms with Gasteiger partial charge < -0.3 is 29.3 Å². The third-order valence-electron chi connectivity index (χ3n) is 4.60. The number of hydrogen-bond donors (Lipinski definition) is 1. The van der Waals surface area contributed by atoms with E-state index >= 15 is 0 Å². The van der Waals surface area contributed by atoms with Gasteiger partial charge in [-0.2, -0.15) is 4.57 Å². The number of rotatable bonds is 3. The van der Waals surface area contributed by atoms with Crippen LogP contribution in [0.15, 0.2) is 78.8 Å². The summed E-state index contributed by atoms with van der Waals surface area (Å²) in [6.45, 7) is 1.86. The van der Waals surface area contributed by atoms with Crippen molar-refractivity contribution in [2.24, 2.45) is 0 Å². The number of carbonyl (C=O) groups excluding carboxylic acids is 2. The maximum absolute atomic E-state index is 13.2. The second-order valence-corrected chi connectivity index (χ2v) is 6.65.